The lowest BCUT2D eigenvalue weighted by Gasteiger charge is -2.19. The summed E-state index contributed by atoms with van der Waals surface area (Å²) in [5, 5.41) is 5.51. The molecule has 0 fully saturated rings. The lowest BCUT2D eigenvalue weighted by molar-refractivity contribution is -0.125. The van der Waals surface area contributed by atoms with Gasteiger partial charge in [0.2, 0.25) is 12.0 Å². The average Bonchev–Trinajstić information content (AvgIpc) is 2.75. The molecule has 31 heavy (non-hydrogen) atoms. The third kappa shape index (κ3) is 5.79. The molecular weight excluding hydrogens is 392 g/mol. The first-order valence-electron chi connectivity index (χ1n) is 9.85. The fourth-order valence-corrected chi connectivity index (χ4v) is 3.04. The number of aryl methyl sites for hydroxylation is 2. The summed E-state index contributed by atoms with van der Waals surface area (Å²) >= 11 is 0. The van der Waals surface area contributed by atoms with Crippen LogP contribution in [-0.4, -0.2) is 17.8 Å². The minimum Gasteiger partial charge on any atom is -0.444 e. The van der Waals surface area contributed by atoms with Crippen molar-refractivity contribution < 1.29 is 19.1 Å². The van der Waals surface area contributed by atoms with Crippen LogP contribution in [0.1, 0.15) is 40.1 Å². The first-order valence-corrected chi connectivity index (χ1v) is 9.85. The van der Waals surface area contributed by atoms with Gasteiger partial charge >= 0.3 is 5.97 Å². The summed E-state index contributed by atoms with van der Waals surface area (Å²) in [6, 6.07) is 20.9. The van der Waals surface area contributed by atoms with Crippen LogP contribution in [0.25, 0.3) is 0 Å². The minimum atomic E-state index is -1.12. The van der Waals surface area contributed by atoms with Gasteiger partial charge < -0.3 is 15.4 Å². The van der Waals surface area contributed by atoms with E-state index in [1.165, 1.54) is 19.1 Å². The van der Waals surface area contributed by atoms with Crippen molar-refractivity contribution in [2.24, 2.45) is 0 Å². The number of rotatable bonds is 6. The summed E-state index contributed by atoms with van der Waals surface area (Å²) in [7, 11) is 0. The quantitative estimate of drug-likeness (QED) is 0.566. The lowest BCUT2D eigenvalue weighted by Crippen LogP contribution is -2.26. The molecular formula is C25H24N2O4. The SMILES string of the molecule is CC(=O)Nc1ccc(C(=O)OC(C(=O)Nc2cc(C)ccc2C)c2ccccc2)cc1. The second-order valence-electron chi connectivity index (χ2n) is 7.26. The van der Waals surface area contributed by atoms with Gasteiger partial charge in [0, 0.05) is 23.9 Å². The topological polar surface area (TPSA) is 84.5 Å². The molecule has 0 spiro atoms. The van der Waals surface area contributed by atoms with E-state index < -0.39 is 18.0 Å². The predicted molar refractivity (Wildman–Crippen MR) is 120 cm³/mol. The smallest absolute Gasteiger partial charge is 0.339 e. The molecule has 0 saturated heterocycles. The molecule has 3 aromatic carbocycles. The number of anilines is 2. The van der Waals surface area contributed by atoms with E-state index in [-0.39, 0.29) is 11.5 Å². The highest BCUT2D eigenvalue weighted by Gasteiger charge is 2.26. The Labute approximate surface area is 181 Å². The summed E-state index contributed by atoms with van der Waals surface area (Å²) in [5.74, 6) is -1.29. The van der Waals surface area contributed by atoms with Crippen molar-refractivity contribution in [1.29, 1.82) is 0 Å². The number of benzene rings is 3. The van der Waals surface area contributed by atoms with E-state index in [1.54, 1.807) is 36.4 Å². The molecule has 3 rings (SSSR count). The van der Waals surface area contributed by atoms with Crippen LogP contribution in [0, 0.1) is 13.8 Å². The average molecular weight is 416 g/mol. The highest BCUT2D eigenvalue weighted by molar-refractivity contribution is 5.99. The van der Waals surface area contributed by atoms with Gasteiger partial charge in [-0.3, -0.25) is 9.59 Å². The number of carbonyl (C=O) groups excluding carboxylic acids is 3. The van der Waals surface area contributed by atoms with Crippen LogP contribution in [0.4, 0.5) is 11.4 Å². The van der Waals surface area contributed by atoms with Crippen molar-refractivity contribution in [3.63, 3.8) is 0 Å². The molecule has 6 nitrogen and oxygen atoms in total. The maximum atomic E-state index is 13.1. The molecule has 0 radical (unpaired) electrons. The van der Waals surface area contributed by atoms with Gasteiger partial charge in [0.1, 0.15) is 0 Å². The number of nitrogens with one attached hydrogen (secondary N) is 2. The Morgan fingerprint density at radius 1 is 0.839 bits per heavy atom. The van der Waals surface area contributed by atoms with Gasteiger partial charge in [-0.05, 0) is 55.3 Å². The van der Waals surface area contributed by atoms with Crippen LogP contribution in [0.15, 0.2) is 72.8 Å². The first-order chi connectivity index (χ1) is 14.8. The van der Waals surface area contributed by atoms with E-state index in [4.69, 9.17) is 4.74 Å². The highest BCUT2D eigenvalue weighted by Crippen LogP contribution is 2.24. The van der Waals surface area contributed by atoms with Gasteiger partial charge in [0.25, 0.3) is 5.91 Å². The number of ether oxygens (including phenoxy) is 1. The summed E-state index contributed by atoms with van der Waals surface area (Å²) < 4.78 is 5.61. The maximum Gasteiger partial charge on any atom is 0.339 e. The molecule has 1 atom stereocenters. The third-order valence-electron chi connectivity index (χ3n) is 4.66. The molecule has 6 heteroatoms. The zero-order valence-corrected chi connectivity index (χ0v) is 17.6. The van der Waals surface area contributed by atoms with Crippen LogP contribution in [0.2, 0.25) is 0 Å². The predicted octanol–water partition coefficient (Wildman–Crippen LogP) is 4.80. The third-order valence-corrected chi connectivity index (χ3v) is 4.66. The van der Waals surface area contributed by atoms with E-state index in [0.29, 0.717) is 16.9 Å². The van der Waals surface area contributed by atoms with Crippen LogP contribution in [0.5, 0.6) is 0 Å². The number of esters is 1. The standard InChI is InChI=1S/C25H24N2O4/c1-16-9-10-17(2)22(15-16)27-24(29)23(19-7-5-4-6-8-19)31-25(30)20-11-13-21(14-12-20)26-18(3)28/h4-15,23H,1-3H3,(H,26,28)(H,27,29). The second kappa shape index (κ2) is 9.71. The van der Waals surface area contributed by atoms with Gasteiger partial charge in [-0.15, -0.1) is 0 Å². The molecule has 0 aliphatic heterocycles. The van der Waals surface area contributed by atoms with E-state index in [1.807, 2.05) is 38.1 Å². The molecule has 0 aromatic heterocycles. The first kappa shape index (κ1) is 21.8. The number of amides is 2. The Morgan fingerprint density at radius 3 is 2.16 bits per heavy atom. The van der Waals surface area contributed by atoms with Crippen LogP contribution >= 0.6 is 0 Å². The molecule has 158 valence electrons. The van der Waals surface area contributed by atoms with Gasteiger partial charge in [-0.25, -0.2) is 4.79 Å². The monoisotopic (exact) mass is 416 g/mol. The van der Waals surface area contributed by atoms with Crippen molar-refractivity contribution in [2.75, 3.05) is 10.6 Å². The zero-order chi connectivity index (χ0) is 22.4. The largest absolute Gasteiger partial charge is 0.444 e. The normalized spacial score (nSPS) is 11.3. The Bertz CT molecular complexity index is 1090. The van der Waals surface area contributed by atoms with E-state index in [9.17, 15) is 14.4 Å². The summed E-state index contributed by atoms with van der Waals surface area (Å²) in [6.45, 7) is 5.24. The van der Waals surface area contributed by atoms with Gasteiger partial charge in [-0.1, -0.05) is 42.5 Å². The van der Waals surface area contributed by atoms with E-state index >= 15 is 0 Å². The van der Waals surface area contributed by atoms with Crippen LogP contribution < -0.4 is 10.6 Å². The molecule has 3 aromatic rings. The Kier molecular flexibility index (Phi) is 6.82. The lowest BCUT2D eigenvalue weighted by atomic mass is 10.1. The van der Waals surface area contributed by atoms with Gasteiger partial charge in [-0.2, -0.15) is 0 Å². The zero-order valence-electron chi connectivity index (χ0n) is 17.6. The van der Waals surface area contributed by atoms with Crippen molar-refractivity contribution in [3.05, 3.63) is 95.1 Å². The fraction of sp³-hybridized carbons (Fsp3) is 0.160. The number of hydrogen-bond acceptors (Lipinski definition) is 4. The van der Waals surface area contributed by atoms with Gasteiger partial charge in [0.15, 0.2) is 0 Å². The van der Waals surface area contributed by atoms with Crippen LogP contribution in [-0.2, 0) is 14.3 Å². The van der Waals surface area contributed by atoms with Crippen molar-refractivity contribution >= 4 is 29.2 Å². The van der Waals surface area contributed by atoms with E-state index in [2.05, 4.69) is 10.6 Å². The Balaban J connectivity index is 1.82. The Hall–Kier alpha value is -3.93. The second-order valence-corrected chi connectivity index (χ2v) is 7.26. The molecule has 0 saturated carbocycles. The summed E-state index contributed by atoms with van der Waals surface area (Å²) in [6.07, 6.45) is -1.12. The highest BCUT2D eigenvalue weighted by atomic mass is 16.5. The van der Waals surface area contributed by atoms with Crippen molar-refractivity contribution in [1.82, 2.24) is 0 Å². The fourth-order valence-electron chi connectivity index (χ4n) is 3.04. The van der Waals surface area contributed by atoms with Gasteiger partial charge in [0.05, 0.1) is 5.56 Å². The molecule has 0 heterocycles. The molecule has 2 N–H and O–H groups in total. The summed E-state index contributed by atoms with van der Waals surface area (Å²) in [4.78, 5) is 37.0. The summed E-state index contributed by atoms with van der Waals surface area (Å²) in [5.41, 5.74) is 3.99. The van der Waals surface area contributed by atoms with Crippen LogP contribution in [0.3, 0.4) is 0 Å². The molecule has 1 unspecified atom stereocenters. The molecule has 0 aliphatic rings. The molecule has 0 bridgehead atoms. The molecule has 0 aliphatic carbocycles. The maximum absolute atomic E-state index is 13.1. The van der Waals surface area contributed by atoms with Crippen molar-refractivity contribution in [2.45, 2.75) is 26.9 Å². The van der Waals surface area contributed by atoms with Crippen molar-refractivity contribution in [3.8, 4) is 0 Å². The Morgan fingerprint density at radius 2 is 1.52 bits per heavy atom. The number of hydrogen-bond donors (Lipinski definition) is 2. The molecule has 2 amide bonds. The van der Waals surface area contributed by atoms with E-state index in [0.717, 1.165) is 11.1 Å². The number of carbonyl (C=O) groups is 3. The minimum absolute atomic E-state index is 0.206.